The minimum absolute atomic E-state index is 0.296. The van der Waals surface area contributed by atoms with Crippen molar-refractivity contribution in [1.82, 2.24) is 0 Å². The van der Waals surface area contributed by atoms with Crippen molar-refractivity contribution in [3.8, 4) is 0 Å². The lowest BCUT2D eigenvalue weighted by atomic mass is 9.91. The Bertz CT molecular complexity index is 378. The molecule has 0 saturated carbocycles. The second-order valence-electron chi connectivity index (χ2n) is 4.47. The zero-order valence-corrected chi connectivity index (χ0v) is 10.3. The molecule has 1 aliphatic rings. The first-order chi connectivity index (χ1) is 8.16. The molecular formula is C13H16ClFO2. The average Bonchev–Trinajstić information content (AvgIpc) is 2.30. The Morgan fingerprint density at radius 3 is 2.76 bits per heavy atom. The number of hydrogen-bond donors (Lipinski definition) is 1. The summed E-state index contributed by atoms with van der Waals surface area (Å²) < 4.78 is 18.2. The molecule has 1 aromatic carbocycles. The van der Waals surface area contributed by atoms with Crippen LogP contribution in [-0.4, -0.2) is 18.3 Å². The van der Waals surface area contributed by atoms with Crippen molar-refractivity contribution in [3.05, 3.63) is 34.6 Å². The first-order valence-electron chi connectivity index (χ1n) is 5.87. The predicted molar refractivity (Wildman–Crippen MR) is 64.5 cm³/mol. The summed E-state index contributed by atoms with van der Waals surface area (Å²) in [5, 5.41) is 10.4. The summed E-state index contributed by atoms with van der Waals surface area (Å²) in [6.45, 7) is 1.52. The lowest BCUT2D eigenvalue weighted by molar-refractivity contribution is 0.0435. The van der Waals surface area contributed by atoms with E-state index in [1.54, 1.807) is 6.07 Å². The van der Waals surface area contributed by atoms with Crippen LogP contribution in [0.5, 0.6) is 0 Å². The van der Waals surface area contributed by atoms with Gasteiger partial charge in [-0.25, -0.2) is 4.39 Å². The SMILES string of the molecule is OC(CC1CCOCC1)c1ccc(F)cc1Cl. The number of ether oxygens (including phenoxy) is 1. The predicted octanol–water partition coefficient (Wildman–Crippen LogP) is 3.33. The van der Waals surface area contributed by atoms with Gasteiger partial charge < -0.3 is 9.84 Å². The molecule has 0 bridgehead atoms. The molecule has 2 rings (SSSR count). The Kier molecular flexibility index (Phi) is 4.37. The van der Waals surface area contributed by atoms with Crippen LogP contribution in [0.15, 0.2) is 18.2 Å². The third kappa shape index (κ3) is 3.41. The van der Waals surface area contributed by atoms with E-state index in [4.69, 9.17) is 16.3 Å². The highest BCUT2D eigenvalue weighted by molar-refractivity contribution is 6.31. The van der Waals surface area contributed by atoms with E-state index in [-0.39, 0.29) is 5.82 Å². The van der Waals surface area contributed by atoms with Gasteiger partial charge >= 0.3 is 0 Å². The van der Waals surface area contributed by atoms with E-state index in [0.29, 0.717) is 22.9 Å². The highest BCUT2D eigenvalue weighted by Gasteiger charge is 2.20. The molecule has 0 aromatic heterocycles. The third-order valence-electron chi connectivity index (χ3n) is 3.22. The van der Waals surface area contributed by atoms with Crippen LogP contribution in [0.4, 0.5) is 4.39 Å². The van der Waals surface area contributed by atoms with Crippen LogP contribution >= 0.6 is 11.6 Å². The highest BCUT2D eigenvalue weighted by atomic mass is 35.5. The molecule has 0 spiro atoms. The molecule has 2 nitrogen and oxygen atoms in total. The van der Waals surface area contributed by atoms with Gasteiger partial charge in [-0.2, -0.15) is 0 Å². The molecule has 0 radical (unpaired) electrons. The Morgan fingerprint density at radius 1 is 1.41 bits per heavy atom. The van der Waals surface area contributed by atoms with Crippen molar-refractivity contribution >= 4 is 11.6 Å². The Hall–Kier alpha value is -0.640. The summed E-state index contributed by atoms with van der Waals surface area (Å²) in [4.78, 5) is 0. The fourth-order valence-corrected chi connectivity index (χ4v) is 2.49. The van der Waals surface area contributed by atoms with E-state index in [2.05, 4.69) is 0 Å². The summed E-state index contributed by atoms with van der Waals surface area (Å²) in [5.41, 5.74) is 0.611. The monoisotopic (exact) mass is 258 g/mol. The topological polar surface area (TPSA) is 29.5 Å². The van der Waals surface area contributed by atoms with E-state index in [1.165, 1.54) is 12.1 Å². The number of benzene rings is 1. The van der Waals surface area contributed by atoms with E-state index in [0.717, 1.165) is 26.1 Å². The minimum atomic E-state index is -0.619. The van der Waals surface area contributed by atoms with E-state index < -0.39 is 6.10 Å². The number of halogens is 2. The lowest BCUT2D eigenvalue weighted by Gasteiger charge is -2.24. The summed E-state index contributed by atoms with van der Waals surface area (Å²) in [6.07, 6.45) is 1.98. The fourth-order valence-electron chi connectivity index (χ4n) is 2.20. The van der Waals surface area contributed by atoms with Crippen molar-refractivity contribution in [3.63, 3.8) is 0 Å². The van der Waals surface area contributed by atoms with Gasteiger partial charge in [0.25, 0.3) is 0 Å². The largest absolute Gasteiger partial charge is 0.388 e. The average molecular weight is 259 g/mol. The maximum Gasteiger partial charge on any atom is 0.124 e. The molecule has 4 heteroatoms. The number of aliphatic hydroxyl groups excluding tert-OH is 1. The molecule has 1 fully saturated rings. The Morgan fingerprint density at radius 2 is 2.12 bits per heavy atom. The third-order valence-corrected chi connectivity index (χ3v) is 3.55. The standard InChI is InChI=1S/C13H16ClFO2/c14-12-8-10(15)1-2-11(12)13(16)7-9-3-5-17-6-4-9/h1-2,8-9,13,16H,3-7H2. The first kappa shape index (κ1) is 12.8. The van der Waals surface area contributed by atoms with Crippen LogP contribution in [0.1, 0.15) is 30.9 Å². The normalized spacial score (nSPS) is 19.2. The summed E-state index contributed by atoms with van der Waals surface area (Å²) >= 11 is 5.92. The van der Waals surface area contributed by atoms with Gasteiger partial charge in [-0.15, -0.1) is 0 Å². The summed E-state index contributed by atoms with van der Waals surface area (Å²) in [5.74, 6) is 0.0805. The van der Waals surface area contributed by atoms with Crippen molar-refractivity contribution < 1.29 is 14.2 Å². The second-order valence-corrected chi connectivity index (χ2v) is 4.88. The Balaban J connectivity index is 2.00. The van der Waals surface area contributed by atoms with Gasteiger partial charge in [0.2, 0.25) is 0 Å². The van der Waals surface area contributed by atoms with Crippen LogP contribution in [0.3, 0.4) is 0 Å². The lowest BCUT2D eigenvalue weighted by Crippen LogP contribution is -2.18. The van der Waals surface area contributed by atoms with Crippen molar-refractivity contribution in [1.29, 1.82) is 0 Å². The van der Waals surface area contributed by atoms with E-state index in [9.17, 15) is 9.50 Å². The molecule has 1 aromatic rings. The minimum Gasteiger partial charge on any atom is -0.388 e. The van der Waals surface area contributed by atoms with Gasteiger partial charge in [-0.1, -0.05) is 17.7 Å². The van der Waals surface area contributed by atoms with Crippen LogP contribution in [0.25, 0.3) is 0 Å². The first-order valence-corrected chi connectivity index (χ1v) is 6.25. The van der Waals surface area contributed by atoms with Gasteiger partial charge in [0.1, 0.15) is 5.82 Å². The molecule has 1 saturated heterocycles. The van der Waals surface area contributed by atoms with Gasteiger partial charge in [0.05, 0.1) is 6.10 Å². The molecule has 17 heavy (non-hydrogen) atoms. The van der Waals surface area contributed by atoms with E-state index in [1.807, 2.05) is 0 Å². The molecular weight excluding hydrogens is 243 g/mol. The van der Waals surface area contributed by atoms with Gasteiger partial charge in [-0.3, -0.25) is 0 Å². The van der Waals surface area contributed by atoms with Crippen molar-refractivity contribution in [2.24, 2.45) is 5.92 Å². The summed E-state index contributed by atoms with van der Waals surface area (Å²) in [6, 6.07) is 4.13. The number of hydrogen-bond acceptors (Lipinski definition) is 2. The van der Waals surface area contributed by atoms with Crippen molar-refractivity contribution in [2.45, 2.75) is 25.4 Å². The molecule has 1 N–H and O–H groups in total. The van der Waals surface area contributed by atoms with Gasteiger partial charge in [0, 0.05) is 18.2 Å². The molecule has 1 unspecified atom stereocenters. The van der Waals surface area contributed by atoms with Crippen LogP contribution < -0.4 is 0 Å². The molecule has 1 aliphatic heterocycles. The molecule has 0 amide bonds. The fraction of sp³-hybridized carbons (Fsp3) is 0.538. The maximum absolute atomic E-state index is 12.9. The highest BCUT2D eigenvalue weighted by Crippen LogP contribution is 2.31. The zero-order valence-electron chi connectivity index (χ0n) is 9.53. The zero-order chi connectivity index (χ0) is 12.3. The summed E-state index contributed by atoms with van der Waals surface area (Å²) in [7, 11) is 0. The van der Waals surface area contributed by atoms with E-state index >= 15 is 0 Å². The smallest absolute Gasteiger partial charge is 0.124 e. The Labute approximate surface area is 105 Å². The van der Waals surface area contributed by atoms with Crippen LogP contribution in [0, 0.1) is 11.7 Å². The molecule has 1 atom stereocenters. The number of aliphatic hydroxyl groups is 1. The quantitative estimate of drug-likeness (QED) is 0.901. The van der Waals surface area contributed by atoms with Gasteiger partial charge in [-0.05, 0) is 42.9 Å². The maximum atomic E-state index is 12.9. The van der Waals surface area contributed by atoms with Crippen LogP contribution in [0.2, 0.25) is 5.02 Å². The second kappa shape index (κ2) is 5.80. The number of rotatable bonds is 3. The van der Waals surface area contributed by atoms with Gasteiger partial charge in [0.15, 0.2) is 0 Å². The molecule has 0 aliphatic carbocycles. The molecule has 94 valence electrons. The van der Waals surface area contributed by atoms with Crippen LogP contribution in [-0.2, 0) is 4.74 Å². The van der Waals surface area contributed by atoms with Crippen molar-refractivity contribution in [2.75, 3.05) is 13.2 Å². The molecule has 1 heterocycles.